The van der Waals surface area contributed by atoms with Crippen LogP contribution in [0.4, 0.5) is 17.1 Å². The number of allylic oxidation sites excluding steroid dienone is 2. The van der Waals surface area contributed by atoms with E-state index in [-0.39, 0.29) is 41.7 Å². The normalized spacial score (nSPS) is 27.2. The zero-order chi connectivity index (χ0) is 38.9. The van der Waals surface area contributed by atoms with Crippen LogP contribution in [0.3, 0.4) is 0 Å². The van der Waals surface area contributed by atoms with E-state index in [0.29, 0.717) is 46.5 Å². The summed E-state index contributed by atoms with van der Waals surface area (Å²) < 4.78 is 16.9. The van der Waals surface area contributed by atoms with Crippen molar-refractivity contribution in [3.8, 4) is 17.2 Å². The molecule has 4 aromatic carbocycles. The molecule has 0 spiro atoms. The average molecular weight is 774 g/mol. The fourth-order valence-electron chi connectivity index (χ4n) is 10.1. The van der Waals surface area contributed by atoms with Crippen molar-refractivity contribution in [2.45, 2.75) is 24.2 Å². The minimum Gasteiger partial charge on any atom is -0.507 e. The van der Waals surface area contributed by atoms with E-state index in [1.807, 2.05) is 48.5 Å². The fourth-order valence-corrected chi connectivity index (χ4v) is 10.3. The van der Waals surface area contributed by atoms with Crippen LogP contribution in [-0.2, 0) is 29.3 Å². The molecule has 286 valence electrons. The van der Waals surface area contributed by atoms with Crippen molar-refractivity contribution in [1.29, 1.82) is 0 Å². The number of halogens is 1. The number of carbonyl (C=O) groups excluding carboxylic acids is 4. The van der Waals surface area contributed by atoms with Gasteiger partial charge in [0.1, 0.15) is 17.2 Å². The molecule has 3 heterocycles. The van der Waals surface area contributed by atoms with Gasteiger partial charge in [0.2, 0.25) is 23.6 Å². The van der Waals surface area contributed by atoms with Gasteiger partial charge in [0.25, 0.3) is 0 Å². The molecule has 2 aliphatic carbocycles. The largest absolute Gasteiger partial charge is 0.507 e. The summed E-state index contributed by atoms with van der Waals surface area (Å²) in [4.78, 5) is 64.4. The summed E-state index contributed by atoms with van der Waals surface area (Å²) in [5, 5.41) is 12.3. The molecule has 12 heteroatoms. The summed E-state index contributed by atoms with van der Waals surface area (Å²) >= 11 is 6.44. The van der Waals surface area contributed by atoms with Gasteiger partial charge in [0.05, 0.1) is 62.0 Å². The van der Waals surface area contributed by atoms with Gasteiger partial charge in [-0.25, -0.2) is 4.90 Å². The van der Waals surface area contributed by atoms with Gasteiger partial charge < -0.3 is 24.2 Å². The Kier molecular flexibility index (Phi) is 8.89. The number of morpholine rings is 1. The Balaban J connectivity index is 1.21. The number of amides is 4. The summed E-state index contributed by atoms with van der Waals surface area (Å²) in [5.41, 5.74) is 1.75. The number of anilines is 3. The Morgan fingerprint density at radius 2 is 1.50 bits per heavy atom. The van der Waals surface area contributed by atoms with Crippen LogP contribution in [0.15, 0.2) is 103 Å². The lowest BCUT2D eigenvalue weighted by Crippen LogP contribution is -2.53. The van der Waals surface area contributed by atoms with Crippen molar-refractivity contribution in [3.05, 3.63) is 119 Å². The summed E-state index contributed by atoms with van der Waals surface area (Å²) in [6.45, 7) is 2.75. The van der Waals surface area contributed by atoms with Crippen LogP contribution in [0.5, 0.6) is 17.2 Å². The highest BCUT2D eigenvalue weighted by atomic mass is 35.5. The number of hydrogen-bond donors (Lipinski definition) is 1. The molecule has 1 saturated carbocycles. The van der Waals surface area contributed by atoms with Gasteiger partial charge in [-0.3, -0.25) is 24.1 Å². The molecular formula is C44H40ClN3O8. The van der Waals surface area contributed by atoms with E-state index in [9.17, 15) is 14.7 Å². The van der Waals surface area contributed by atoms with E-state index in [1.165, 1.54) is 30.1 Å². The van der Waals surface area contributed by atoms with Crippen molar-refractivity contribution in [1.82, 2.24) is 0 Å². The molecule has 56 heavy (non-hydrogen) atoms. The second-order valence-corrected chi connectivity index (χ2v) is 15.4. The lowest BCUT2D eigenvalue weighted by atomic mass is 9.49. The number of aromatic hydroxyl groups is 1. The molecule has 0 bridgehead atoms. The highest BCUT2D eigenvalue weighted by Gasteiger charge is 2.71. The van der Waals surface area contributed by atoms with Crippen LogP contribution >= 0.6 is 11.6 Å². The number of rotatable bonds is 7. The fraction of sp³-hybridized carbons (Fsp3) is 0.318. The van der Waals surface area contributed by atoms with E-state index >= 15 is 9.59 Å². The molecule has 4 amide bonds. The van der Waals surface area contributed by atoms with Crippen molar-refractivity contribution >= 4 is 52.3 Å². The van der Waals surface area contributed by atoms with Crippen LogP contribution < -0.4 is 24.2 Å². The second-order valence-electron chi connectivity index (χ2n) is 15.0. The number of benzene rings is 4. The van der Waals surface area contributed by atoms with Crippen LogP contribution in [0.2, 0.25) is 5.02 Å². The van der Waals surface area contributed by atoms with Crippen molar-refractivity contribution in [2.24, 2.45) is 23.7 Å². The van der Waals surface area contributed by atoms with Crippen LogP contribution in [0, 0.1) is 23.7 Å². The van der Waals surface area contributed by atoms with Crippen molar-refractivity contribution in [2.75, 3.05) is 55.2 Å². The summed E-state index contributed by atoms with van der Waals surface area (Å²) in [6, 6.07) is 26.3. The van der Waals surface area contributed by atoms with Crippen molar-refractivity contribution in [3.63, 3.8) is 0 Å². The van der Waals surface area contributed by atoms with Crippen LogP contribution in [0.25, 0.3) is 0 Å². The van der Waals surface area contributed by atoms with E-state index < -0.39 is 46.8 Å². The average Bonchev–Trinajstić information content (AvgIpc) is 3.62. The third-order valence-electron chi connectivity index (χ3n) is 12.5. The highest BCUT2D eigenvalue weighted by Crippen LogP contribution is 2.66. The first kappa shape index (κ1) is 36.0. The Morgan fingerprint density at radius 1 is 0.768 bits per heavy atom. The van der Waals surface area contributed by atoms with E-state index in [4.69, 9.17) is 25.8 Å². The van der Waals surface area contributed by atoms with Gasteiger partial charge in [-0.1, -0.05) is 59.6 Å². The van der Waals surface area contributed by atoms with Crippen LogP contribution in [-0.4, -0.2) is 69.3 Å². The quantitative estimate of drug-likeness (QED) is 0.171. The molecule has 4 fully saturated rings. The molecule has 4 aromatic rings. The van der Waals surface area contributed by atoms with Gasteiger partial charge in [-0.15, -0.1) is 0 Å². The molecule has 3 saturated heterocycles. The maximum absolute atomic E-state index is 15.5. The Bertz CT molecular complexity index is 2290. The number of nitrogens with zero attached hydrogens (tertiary/aromatic N) is 3. The minimum absolute atomic E-state index is 0.113. The van der Waals surface area contributed by atoms with Crippen LogP contribution in [0.1, 0.15) is 29.9 Å². The van der Waals surface area contributed by atoms with Gasteiger partial charge in [-0.2, -0.15) is 0 Å². The first-order chi connectivity index (χ1) is 27.2. The number of fused-ring (bicyclic) bond motifs is 4. The molecule has 0 radical (unpaired) electrons. The molecule has 1 N–H and O–H groups in total. The van der Waals surface area contributed by atoms with E-state index in [1.54, 1.807) is 42.5 Å². The molecular weight excluding hydrogens is 734 g/mol. The molecule has 9 rings (SSSR count). The van der Waals surface area contributed by atoms with Crippen molar-refractivity contribution < 1.29 is 38.5 Å². The monoisotopic (exact) mass is 773 g/mol. The second kappa shape index (κ2) is 13.8. The molecule has 0 aromatic heterocycles. The van der Waals surface area contributed by atoms with E-state index in [0.717, 1.165) is 18.8 Å². The maximum atomic E-state index is 15.5. The van der Waals surface area contributed by atoms with Gasteiger partial charge in [-0.05, 0) is 66.8 Å². The minimum atomic E-state index is -1.59. The number of carbonyl (C=O) groups is 4. The maximum Gasteiger partial charge on any atom is 0.246 e. The number of phenols is 1. The molecule has 5 aliphatic rings. The molecule has 6 unspecified atom stereocenters. The number of imide groups is 2. The highest BCUT2D eigenvalue weighted by molar-refractivity contribution is 6.32. The SMILES string of the molecule is COc1cc(O)c(C2C3=CCC4C(=O)N(c5ccc(N6CCOCC6)cc5)C(=O)C4C3CC3C(=O)N(c4cccc(Cl)c4)C(=O)C32c2ccccc2)c(OC)c1. The number of hydrogen-bond acceptors (Lipinski definition) is 9. The van der Waals surface area contributed by atoms with Gasteiger partial charge in [0, 0.05) is 47.4 Å². The van der Waals surface area contributed by atoms with Gasteiger partial charge in [0.15, 0.2) is 0 Å². The summed E-state index contributed by atoms with van der Waals surface area (Å²) in [5.74, 6) is -5.30. The Morgan fingerprint density at radius 3 is 2.20 bits per heavy atom. The number of ether oxygens (including phenoxy) is 3. The molecule has 3 aliphatic heterocycles. The molecule has 11 nitrogen and oxygen atoms in total. The molecule has 6 atom stereocenters. The summed E-state index contributed by atoms with van der Waals surface area (Å²) in [6.07, 6.45) is 2.30. The summed E-state index contributed by atoms with van der Waals surface area (Å²) in [7, 11) is 2.94. The predicted octanol–water partition coefficient (Wildman–Crippen LogP) is 6.27. The predicted molar refractivity (Wildman–Crippen MR) is 209 cm³/mol. The zero-order valence-corrected chi connectivity index (χ0v) is 31.6. The Hall–Kier alpha value is -5.65. The van der Waals surface area contributed by atoms with Gasteiger partial charge >= 0.3 is 0 Å². The standard InChI is InChI=1S/C44H40ClN3O8/c1-54-30-22-35(49)38(36(23-30)55-2)39-31-15-16-32-37(42(52)47(40(32)50)28-13-11-27(12-14-28)46-17-19-56-20-18-46)33(31)24-34-41(51)48(29-10-6-9-26(45)21-29)43(53)44(34,39)25-7-4-3-5-8-25/h3-15,21-23,32-34,37,39,49H,16-20,24H2,1-2H3. The lowest BCUT2D eigenvalue weighted by Gasteiger charge is -2.51. The Labute approximate surface area is 329 Å². The first-order valence-electron chi connectivity index (χ1n) is 18.8. The smallest absolute Gasteiger partial charge is 0.246 e. The third kappa shape index (κ3) is 5.28. The lowest BCUT2D eigenvalue weighted by molar-refractivity contribution is -0.127. The number of phenolic OH excluding ortho intramolecular Hbond substituents is 1. The first-order valence-corrected chi connectivity index (χ1v) is 19.2. The topological polar surface area (TPSA) is 126 Å². The zero-order valence-electron chi connectivity index (χ0n) is 30.9. The third-order valence-corrected chi connectivity index (χ3v) is 12.7. The van der Waals surface area contributed by atoms with E-state index in [2.05, 4.69) is 4.90 Å². The number of methoxy groups -OCH3 is 2.